The highest BCUT2D eigenvalue weighted by Crippen LogP contribution is 2.24. The minimum absolute atomic E-state index is 0.0200. The maximum absolute atomic E-state index is 13.7. The molecule has 0 N–H and O–H groups in total. The molecule has 0 spiro atoms. The lowest BCUT2D eigenvalue weighted by atomic mass is 9.87. The summed E-state index contributed by atoms with van der Waals surface area (Å²) in [6.45, 7) is 6.62. The Labute approximate surface area is 163 Å². The highest BCUT2D eigenvalue weighted by Gasteiger charge is 2.18. The van der Waals surface area contributed by atoms with Gasteiger partial charge in [0.05, 0.1) is 0 Å². The summed E-state index contributed by atoms with van der Waals surface area (Å²) in [6, 6.07) is 19.7. The zero-order valence-electron chi connectivity index (χ0n) is 14.9. The fourth-order valence-corrected chi connectivity index (χ4v) is 4.55. The predicted octanol–water partition coefficient (Wildman–Crippen LogP) is 3.18. The van der Waals surface area contributed by atoms with Crippen LogP contribution in [0.1, 0.15) is 26.3 Å². The van der Waals surface area contributed by atoms with E-state index in [1.54, 1.807) is 0 Å². The van der Waals surface area contributed by atoms with E-state index in [1.807, 2.05) is 24.3 Å². The van der Waals surface area contributed by atoms with Gasteiger partial charge in [-0.1, -0.05) is 32.9 Å². The Morgan fingerprint density at radius 3 is 1.88 bits per heavy atom. The van der Waals surface area contributed by atoms with Gasteiger partial charge in [0.25, 0.3) is 0 Å². The van der Waals surface area contributed by atoms with Gasteiger partial charge in [0.15, 0.2) is 18.7 Å². The molecule has 0 heterocycles. The number of halogens is 3. The fourth-order valence-electron chi connectivity index (χ4n) is 2.39. The lowest BCUT2D eigenvalue weighted by molar-refractivity contribution is -0.597. The molecule has 0 radical (unpaired) electrons. The Kier molecular flexibility index (Phi) is 5.61. The van der Waals surface area contributed by atoms with Crippen LogP contribution in [0.2, 0.25) is 0 Å². The van der Waals surface area contributed by atoms with Crippen LogP contribution < -0.4 is 25.9 Å². The van der Waals surface area contributed by atoms with Gasteiger partial charge in [-0.25, -0.2) is 8.78 Å². The van der Waals surface area contributed by atoms with Crippen molar-refractivity contribution in [2.24, 2.45) is 0 Å². The van der Waals surface area contributed by atoms with E-state index in [1.165, 1.54) is 24.8 Å². The van der Waals surface area contributed by atoms with Gasteiger partial charge >= 0.3 is 21.2 Å². The average molecular weight is 465 g/mol. The Hall–Kier alpha value is -1.95. The van der Waals surface area contributed by atoms with Gasteiger partial charge in [0, 0.05) is 6.07 Å². The fraction of sp³-hybridized carbons (Fsp3) is 0.182. The molecule has 26 heavy (non-hydrogen) atoms. The van der Waals surface area contributed by atoms with Crippen LogP contribution in [0.4, 0.5) is 8.78 Å². The van der Waals surface area contributed by atoms with Crippen molar-refractivity contribution in [1.29, 1.82) is 0 Å². The molecule has 0 unspecified atom stereocenters. The van der Waals surface area contributed by atoms with Crippen molar-refractivity contribution in [2.75, 3.05) is 0 Å². The van der Waals surface area contributed by atoms with E-state index in [2.05, 4.69) is 45.0 Å². The second-order valence-electron chi connectivity index (χ2n) is 6.98. The molecular weight excluding hydrogens is 445 g/mol. The third-order valence-electron chi connectivity index (χ3n) is 3.86. The maximum Gasteiger partial charge on any atom is 0.357 e. The molecule has 1 nitrogen and oxygen atoms in total. The Morgan fingerprint density at radius 2 is 1.35 bits per heavy atom. The lowest BCUT2D eigenvalue weighted by Gasteiger charge is -2.18. The summed E-state index contributed by atoms with van der Waals surface area (Å²) in [4.78, 5) is 0. The minimum atomic E-state index is -0.708. The highest BCUT2D eigenvalue weighted by atomic mass is 127. The molecule has 0 fully saturated rings. The first-order chi connectivity index (χ1) is 12.3. The number of ether oxygens (including phenoxy) is 1. The summed E-state index contributed by atoms with van der Waals surface area (Å²) < 4.78 is 34.7. The first kappa shape index (κ1) is 18.8. The summed E-state index contributed by atoms with van der Waals surface area (Å²) in [5.41, 5.74) is 1.49. The molecule has 134 valence electrons. The van der Waals surface area contributed by atoms with Gasteiger partial charge in [-0.05, 0) is 59.5 Å². The molecule has 0 saturated heterocycles. The van der Waals surface area contributed by atoms with Crippen LogP contribution in [-0.2, 0) is 5.41 Å². The number of hydrogen-bond acceptors (Lipinski definition) is 1. The third-order valence-corrected chi connectivity index (χ3v) is 6.55. The third kappa shape index (κ3) is 4.81. The molecule has 0 aromatic heterocycles. The molecule has 0 aliphatic carbocycles. The van der Waals surface area contributed by atoms with Gasteiger partial charge in [0.1, 0.15) is 11.6 Å². The molecular formula is C22H20F2IO+. The quantitative estimate of drug-likeness (QED) is 0.538. The molecule has 0 amide bonds. The number of rotatable bonds is 4. The molecule has 0 aliphatic heterocycles. The Bertz CT molecular complexity index is 882. The highest BCUT2D eigenvalue weighted by molar-refractivity contribution is 5.32. The molecule has 3 aromatic rings. The van der Waals surface area contributed by atoms with E-state index < -0.39 is 11.6 Å². The van der Waals surface area contributed by atoms with Crippen LogP contribution in [-0.4, -0.2) is 0 Å². The standard InChI is InChI=1S/C22H20F2IO/c1-22(2,3)15-4-7-17(8-5-15)25-18-9-11-19(12-10-18)26-21-13-6-16(23)14-20(21)24/h4-14H,1-3H3/q+1. The molecule has 0 atom stereocenters. The van der Waals surface area contributed by atoms with E-state index in [0.717, 1.165) is 6.07 Å². The zero-order chi connectivity index (χ0) is 18.7. The molecule has 0 bridgehead atoms. The second-order valence-corrected chi connectivity index (χ2v) is 10.0. The first-order valence-electron chi connectivity index (χ1n) is 8.29. The van der Waals surface area contributed by atoms with Crippen molar-refractivity contribution < 1.29 is 34.7 Å². The van der Waals surface area contributed by atoms with Crippen LogP contribution in [0.25, 0.3) is 0 Å². The number of benzene rings is 3. The summed E-state index contributed by atoms with van der Waals surface area (Å²) >= 11 is -0.284. The smallest absolute Gasteiger partial charge is 0.357 e. The van der Waals surface area contributed by atoms with Crippen LogP contribution in [0.5, 0.6) is 11.5 Å². The van der Waals surface area contributed by atoms with Gasteiger partial charge in [0.2, 0.25) is 0 Å². The van der Waals surface area contributed by atoms with E-state index in [9.17, 15) is 8.78 Å². The normalized spacial score (nSPS) is 11.4. The van der Waals surface area contributed by atoms with Crippen molar-refractivity contribution in [1.82, 2.24) is 0 Å². The van der Waals surface area contributed by atoms with Crippen LogP contribution in [0.15, 0.2) is 66.7 Å². The Balaban J connectivity index is 1.68. The van der Waals surface area contributed by atoms with Gasteiger partial charge in [-0.3, -0.25) is 0 Å². The summed E-state index contributed by atoms with van der Waals surface area (Å²) in [7, 11) is 0. The molecule has 3 aromatic carbocycles. The zero-order valence-corrected chi connectivity index (χ0v) is 17.1. The van der Waals surface area contributed by atoms with E-state index >= 15 is 0 Å². The monoisotopic (exact) mass is 465 g/mol. The van der Waals surface area contributed by atoms with Crippen LogP contribution in [0, 0.1) is 18.8 Å². The van der Waals surface area contributed by atoms with Crippen molar-refractivity contribution >= 4 is 0 Å². The van der Waals surface area contributed by atoms with E-state index in [4.69, 9.17) is 4.74 Å². The minimum Gasteiger partial charge on any atom is -0.454 e. The van der Waals surface area contributed by atoms with Gasteiger partial charge in [-0.2, -0.15) is 0 Å². The van der Waals surface area contributed by atoms with E-state index in [0.29, 0.717) is 5.75 Å². The van der Waals surface area contributed by atoms with Gasteiger partial charge in [-0.15, -0.1) is 0 Å². The summed E-state index contributed by atoms with van der Waals surface area (Å²) in [6.07, 6.45) is 0. The van der Waals surface area contributed by atoms with E-state index in [-0.39, 0.29) is 32.4 Å². The SMILES string of the molecule is CC(C)(C)c1ccc([I+]c2ccc(Oc3ccc(F)cc3F)cc2)cc1. The van der Waals surface area contributed by atoms with Crippen molar-refractivity contribution in [3.63, 3.8) is 0 Å². The number of hydrogen-bond donors (Lipinski definition) is 0. The first-order valence-corrected chi connectivity index (χ1v) is 10.5. The molecule has 4 heteroatoms. The summed E-state index contributed by atoms with van der Waals surface area (Å²) in [5.74, 6) is -0.772. The Morgan fingerprint density at radius 1 is 0.769 bits per heavy atom. The van der Waals surface area contributed by atoms with Crippen molar-refractivity contribution in [2.45, 2.75) is 26.2 Å². The topological polar surface area (TPSA) is 9.23 Å². The lowest BCUT2D eigenvalue weighted by Crippen LogP contribution is -3.61. The summed E-state index contributed by atoms with van der Waals surface area (Å²) in [5, 5.41) is 0. The predicted molar refractivity (Wildman–Crippen MR) is 95.4 cm³/mol. The molecule has 0 aliphatic rings. The second kappa shape index (κ2) is 7.74. The maximum atomic E-state index is 13.7. The largest absolute Gasteiger partial charge is 0.454 e. The van der Waals surface area contributed by atoms with Crippen LogP contribution in [0.3, 0.4) is 0 Å². The van der Waals surface area contributed by atoms with Crippen LogP contribution >= 0.6 is 0 Å². The van der Waals surface area contributed by atoms with Crippen molar-refractivity contribution in [3.05, 3.63) is 91.1 Å². The van der Waals surface area contributed by atoms with Crippen molar-refractivity contribution in [3.8, 4) is 11.5 Å². The molecule has 3 rings (SSSR count). The average Bonchev–Trinajstić information content (AvgIpc) is 2.59. The van der Waals surface area contributed by atoms with Gasteiger partial charge < -0.3 is 4.74 Å². The molecule has 0 saturated carbocycles.